The second-order valence-electron chi connectivity index (χ2n) is 4.95. The van der Waals surface area contributed by atoms with E-state index in [1.54, 1.807) is 0 Å². The van der Waals surface area contributed by atoms with Crippen LogP contribution in [0.25, 0.3) is 0 Å². The summed E-state index contributed by atoms with van der Waals surface area (Å²) in [5.41, 5.74) is 1.37. The summed E-state index contributed by atoms with van der Waals surface area (Å²) in [5.74, 6) is 2.58. The lowest BCUT2D eigenvalue weighted by atomic mass is 10.1. The minimum Gasteiger partial charge on any atom is -0.335 e. The summed E-state index contributed by atoms with van der Waals surface area (Å²) < 4.78 is 2.29. The lowest BCUT2D eigenvalue weighted by Crippen LogP contribution is -2.12. The van der Waals surface area contributed by atoms with Crippen LogP contribution in [0, 0.1) is 5.92 Å². The molecule has 0 aliphatic carbocycles. The highest BCUT2D eigenvalue weighted by atomic mass is 15.1. The first-order valence-corrected chi connectivity index (χ1v) is 5.89. The van der Waals surface area contributed by atoms with Crippen molar-refractivity contribution in [3.63, 3.8) is 0 Å². The Morgan fingerprint density at radius 1 is 1.60 bits per heavy atom. The number of hydrogen-bond acceptors (Lipinski definition) is 2. The smallest absolute Gasteiger partial charge is 0.113 e. The molecular weight excluding hydrogens is 186 g/mol. The minimum absolute atomic E-state index is 0.621. The summed E-state index contributed by atoms with van der Waals surface area (Å²) in [6.07, 6.45) is 4.41. The Morgan fingerprint density at radius 3 is 3.00 bits per heavy atom. The van der Waals surface area contributed by atoms with E-state index in [-0.39, 0.29) is 0 Å². The molecule has 0 amide bonds. The summed E-state index contributed by atoms with van der Waals surface area (Å²) >= 11 is 0. The Hall–Kier alpha value is -0.830. The molecule has 3 nitrogen and oxygen atoms in total. The fraction of sp³-hybridized carbons (Fsp3) is 0.750. The maximum atomic E-state index is 4.57. The second kappa shape index (κ2) is 4.35. The monoisotopic (exact) mass is 207 g/mol. The molecule has 1 aromatic heterocycles. The quantitative estimate of drug-likeness (QED) is 0.817. The van der Waals surface area contributed by atoms with E-state index in [9.17, 15) is 0 Å². The van der Waals surface area contributed by atoms with E-state index in [4.69, 9.17) is 0 Å². The minimum atomic E-state index is 0.621. The van der Waals surface area contributed by atoms with Crippen molar-refractivity contribution >= 4 is 0 Å². The molecular formula is C12H21N3. The van der Waals surface area contributed by atoms with E-state index in [1.165, 1.54) is 17.9 Å². The maximum absolute atomic E-state index is 4.57. The highest BCUT2D eigenvalue weighted by molar-refractivity contribution is 5.11. The molecule has 0 spiro atoms. The molecule has 2 rings (SSSR count). The van der Waals surface area contributed by atoms with E-state index in [0.29, 0.717) is 11.8 Å². The predicted molar refractivity (Wildman–Crippen MR) is 62.0 cm³/mol. The number of hydrogen-bond donors (Lipinski definition) is 1. The van der Waals surface area contributed by atoms with Crippen LogP contribution in [0.4, 0.5) is 0 Å². The van der Waals surface area contributed by atoms with Gasteiger partial charge in [0.05, 0.1) is 0 Å². The van der Waals surface area contributed by atoms with Gasteiger partial charge >= 0.3 is 0 Å². The van der Waals surface area contributed by atoms with Gasteiger partial charge in [-0.05, 0) is 25.3 Å². The number of rotatable bonds is 3. The van der Waals surface area contributed by atoms with Crippen molar-refractivity contribution in [3.8, 4) is 0 Å². The van der Waals surface area contributed by atoms with Crippen LogP contribution in [0.1, 0.15) is 37.7 Å². The van der Waals surface area contributed by atoms with Crippen molar-refractivity contribution in [3.05, 3.63) is 17.7 Å². The fourth-order valence-corrected chi connectivity index (χ4v) is 2.32. The molecule has 0 radical (unpaired) electrons. The van der Waals surface area contributed by atoms with Gasteiger partial charge in [-0.2, -0.15) is 0 Å². The van der Waals surface area contributed by atoms with E-state index in [2.05, 4.69) is 35.8 Å². The maximum Gasteiger partial charge on any atom is 0.113 e. The summed E-state index contributed by atoms with van der Waals surface area (Å²) in [5, 5.41) is 3.39. The van der Waals surface area contributed by atoms with E-state index in [0.717, 1.165) is 19.5 Å². The van der Waals surface area contributed by atoms with Crippen molar-refractivity contribution in [2.45, 2.75) is 32.6 Å². The molecule has 2 heterocycles. The van der Waals surface area contributed by atoms with Crippen LogP contribution in [0.2, 0.25) is 0 Å². The molecule has 1 saturated heterocycles. The molecule has 0 bridgehead atoms. The third kappa shape index (κ3) is 2.23. The molecule has 0 saturated carbocycles. The van der Waals surface area contributed by atoms with Crippen LogP contribution in [0.3, 0.4) is 0 Å². The zero-order chi connectivity index (χ0) is 10.8. The Kier molecular flexibility index (Phi) is 3.10. The number of nitrogens with zero attached hydrogens (tertiary/aromatic N) is 2. The van der Waals surface area contributed by atoms with Gasteiger partial charge in [0.15, 0.2) is 0 Å². The van der Waals surface area contributed by atoms with Crippen LogP contribution < -0.4 is 5.32 Å². The summed E-state index contributed by atoms with van der Waals surface area (Å²) in [7, 11) is 2.15. The van der Waals surface area contributed by atoms with Crippen LogP contribution in [-0.2, 0) is 13.5 Å². The third-order valence-electron chi connectivity index (χ3n) is 3.16. The molecule has 1 aromatic rings. The summed E-state index contributed by atoms with van der Waals surface area (Å²) in [6.45, 7) is 6.73. The summed E-state index contributed by atoms with van der Waals surface area (Å²) in [6, 6.07) is 0. The number of imidazole rings is 1. The number of aromatic nitrogens is 2. The van der Waals surface area contributed by atoms with E-state index in [1.807, 2.05) is 6.20 Å². The highest BCUT2D eigenvalue weighted by Gasteiger charge is 2.21. The van der Waals surface area contributed by atoms with Gasteiger partial charge in [-0.25, -0.2) is 4.98 Å². The van der Waals surface area contributed by atoms with Crippen molar-refractivity contribution in [2.75, 3.05) is 13.1 Å². The Morgan fingerprint density at radius 2 is 2.40 bits per heavy atom. The zero-order valence-corrected chi connectivity index (χ0v) is 9.95. The lowest BCUT2D eigenvalue weighted by molar-refractivity contribution is 0.593. The van der Waals surface area contributed by atoms with Crippen molar-refractivity contribution in [2.24, 2.45) is 13.0 Å². The van der Waals surface area contributed by atoms with E-state index < -0.39 is 0 Å². The molecule has 84 valence electrons. The van der Waals surface area contributed by atoms with E-state index >= 15 is 0 Å². The largest absolute Gasteiger partial charge is 0.335 e. The van der Waals surface area contributed by atoms with Gasteiger partial charge in [0.1, 0.15) is 5.82 Å². The molecule has 1 unspecified atom stereocenters. The Bertz CT molecular complexity index is 322. The van der Waals surface area contributed by atoms with Crippen molar-refractivity contribution in [1.29, 1.82) is 0 Å². The molecule has 15 heavy (non-hydrogen) atoms. The predicted octanol–water partition coefficient (Wildman–Crippen LogP) is 1.70. The fourth-order valence-electron chi connectivity index (χ4n) is 2.32. The van der Waals surface area contributed by atoms with Crippen molar-refractivity contribution < 1.29 is 0 Å². The molecule has 1 atom stereocenters. The number of nitrogens with one attached hydrogen (secondary N) is 1. The molecule has 1 fully saturated rings. The Balaban J connectivity index is 2.15. The molecule has 1 aliphatic heterocycles. The Labute approximate surface area is 91.9 Å². The average Bonchev–Trinajstić information content (AvgIpc) is 2.76. The SMILES string of the molecule is CC(C)Cc1cnc(C2CCNC2)n1C. The first-order valence-electron chi connectivity index (χ1n) is 5.89. The molecule has 1 aliphatic rings. The molecule has 3 heteroatoms. The zero-order valence-electron chi connectivity index (χ0n) is 9.95. The third-order valence-corrected chi connectivity index (χ3v) is 3.16. The van der Waals surface area contributed by atoms with Crippen LogP contribution in [0.5, 0.6) is 0 Å². The standard InChI is InChI=1S/C12H21N3/c1-9(2)6-11-8-14-12(15(11)3)10-4-5-13-7-10/h8-10,13H,4-7H2,1-3H3. The lowest BCUT2D eigenvalue weighted by Gasteiger charge is -2.11. The van der Waals surface area contributed by atoms with Gasteiger partial charge in [0.25, 0.3) is 0 Å². The second-order valence-corrected chi connectivity index (χ2v) is 4.95. The van der Waals surface area contributed by atoms with Crippen molar-refractivity contribution in [1.82, 2.24) is 14.9 Å². The highest BCUT2D eigenvalue weighted by Crippen LogP contribution is 2.22. The van der Waals surface area contributed by atoms with Crippen LogP contribution in [-0.4, -0.2) is 22.6 Å². The van der Waals surface area contributed by atoms with Crippen LogP contribution in [0.15, 0.2) is 6.20 Å². The molecule has 1 N–H and O–H groups in total. The van der Waals surface area contributed by atoms with Gasteiger partial charge in [-0.3, -0.25) is 0 Å². The van der Waals surface area contributed by atoms with Crippen LogP contribution >= 0.6 is 0 Å². The summed E-state index contributed by atoms with van der Waals surface area (Å²) in [4.78, 5) is 4.57. The molecule has 0 aromatic carbocycles. The van der Waals surface area contributed by atoms with Gasteiger partial charge in [-0.15, -0.1) is 0 Å². The van der Waals surface area contributed by atoms with Gasteiger partial charge < -0.3 is 9.88 Å². The van der Waals surface area contributed by atoms with Gasteiger partial charge in [-0.1, -0.05) is 13.8 Å². The first-order chi connectivity index (χ1) is 7.18. The van der Waals surface area contributed by atoms with Gasteiger partial charge in [0.2, 0.25) is 0 Å². The topological polar surface area (TPSA) is 29.9 Å². The first kappa shape index (κ1) is 10.7. The van der Waals surface area contributed by atoms with Gasteiger partial charge in [0, 0.05) is 31.4 Å². The average molecular weight is 207 g/mol. The normalized spacial score (nSPS) is 21.5.